The van der Waals surface area contributed by atoms with Crippen molar-refractivity contribution in [1.82, 2.24) is 19.2 Å². The Labute approximate surface area is 123 Å². The molecule has 1 N–H and O–H groups in total. The van der Waals surface area contributed by atoms with Crippen LogP contribution in [0.1, 0.15) is 5.69 Å². The molecule has 3 rings (SSSR count). The molecule has 0 unspecified atom stereocenters. The molecule has 0 saturated heterocycles. The van der Waals surface area contributed by atoms with Gasteiger partial charge >= 0.3 is 11.7 Å². The van der Waals surface area contributed by atoms with Crippen molar-refractivity contribution in [1.29, 1.82) is 0 Å². The van der Waals surface area contributed by atoms with Gasteiger partial charge in [-0.25, -0.2) is 23.3 Å². The van der Waals surface area contributed by atoms with Crippen LogP contribution in [0, 0.1) is 12.7 Å². The third-order valence-corrected chi connectivity index (χ3v) is 3.08. The van der Waals surface area contributed by atoms with Crippen LogP contribution in [0.3, 0.4) is 0 Å². The molecule has 0 atom stereocenters. The fraction of sp³-hybridized carbons (Fsp3) is 0.143. The number of carboxylic acids is 1. The summed E-state index contributed by atoms with van der Waals surface area (Å²) in [6.07, 6.45) is 0. The topological polar surface area (TPSA) is 89.5 Å². The summed E-state index contributed by atoms with van der Waals surface area (Å²) < 4.78 is 15.1. The summed E-state index contributed by atoms with van der Waals surface area (Å²) in [5, 5.41) is 12.8. The Morgan fingerprint density at radius 2 is 2.00 bits per heavy atom. The summed E-state index contributed by atoms with van der Waals surface area (Å²) in [5.41, 5.74) is 0.827. The Bertz CT molecular complexity index is 928. The molecule has 0 spiro atoms. The molecule has 3 aromatic rings. The van der Waals surface area contributed by atoms with Gasteiger partial charge in [0.05, 0.1) is 0 Å². The van der Waals surface area contributed by atoms with Gasteiger partial charge in [0.15, 0.2) is 5.65 Å². The van der Waals surface area contributed by atoms with Crippen LogP contribution in [0.4, 0.5) is 4.39 Å². The number of aryl methyl sites for hydroxylation is 1. The van der Waals surface area contributed by atoms with Crippen LogP contribution in [0.5, 0.6) is 0 Å². The number of carboxylic acid groups (broad SMARTS) is 1. The van der Waals surface area contributed by atoms with Crippen molar-refractivity contribution >= 4 is 11.6 Å². The van der Waals surface area contributed by atoms with Gasteiger partial charge in [0, 0.05) is 17.3 Å². The molecule has 2 aromatic heterocycles. The molecule has 8 heteroatoms. The van der Waals surface area contributed by atoms with Gasteiger partial charge in [0.1, 0.15) is 18.2 Å². The van der Waals surface area contributed by atoms with E-state index in [9.17, 15) is 14.0 Å². The normalized spacial score (nSPS) is 11.0. The third kappa shape index (κ3) is 2.34. The van der Waals surface area contributed by atoms with Gasteiger partial charge in [-0.3, -0.25) is 4.79 Å². The molecule has 1 aromatic carbocycles. The monoisotopic (exact) mass is 302 g/mol. The standard InChI is InChI=1S/C14H11FN4O3/c1-8-6-11-17-18(7-12(20)21)14(22)19(11)13(16-8)9-2-4-10(15)5-3-9/h2-6H,7H2,1H3,(H,20,21). The summed E-state index contributed by atoms with van der Waals surface area (Å²) in [7, 11) is 0. The number of halogens is 1. The van der Waals surface area contributed by atoms with Crippen LogP contribution in [-0.2, 0) is 11.3 Å². The second kappa shape index (κ2) is 5.06. The van der Waals surface area contributed by atoms with Crippen LogP contribution in [0.25, 0.3) is 17.0 Å². The first-order valence-corrected chi connectivity index (χ1v) is 6.40. The minimum Gasteiger partial charge on any atom is -0.480 e. The highest BCUT2D eigenvalue weighted by molar-refractivity contribution is 5.66. The molecule has 7 nitrogen and oxygen atoms in total. The molecule has 2 heterocycles. The van der Waals surface area contributed by atoms with E-state index in [1.54, 1.807) is 13.0 Å². The number of aromatic nitrogens is 4. The number of aliphatic carboxylic acids is 1. The number of hydrogen-bond donors (Lipinski definition) is 1. The minimum atomic E-state index is -1.17. The van der Waals surface area contributed by atoms with E-state index in [-0.39, 0.29) is 11.5 Å². The number of nitrogens with zero attached hydrogens (tertiary/aromatic N) is 4. The maximum Gasteiger partial charge on any atom is 0.352 e. The maximum atomic E-state index is 13.1. The molecular formula is C14H11FN4O3. The van der Waals surface area contributed by atoms with Crippen molar-refractivity contribution in [3.8, 4) is 11.4 Å². The zero-order chi connectivity index (χ0) is 15.9. The Kier molecular flexibility index (Phi) is 3.21. The number of carbonyl (C=O) groups is 1. The predicted octanol–water partition coefficient (Wildman–Crippen LogP) is 1.09. The molecule has 0 amide bonds. The number of hydrogen-bond acceptors (Lipinski definition) is 4. The van der Waals surface area contributed by atoms with Gasteiger partial charge in [-0.1, -0.05) is 0 Å². The molecular weight excluding hydrogens is 291 g/mol. The van der Waals surface area contributed by atoms with E-state index >= 15 is 0 Å². The van der Waals surface area contributed by atoms with E-state index in [2.05, 4.69) is 10.1 Å². The summed E-state index contributed by atoms with van der Waals surface area (Å²) >= 11 is 0. The Balaban J connectivity index is 2.29. The molecule has 0 radical (unpaired) electrons. The number of rotatable bonds is 3. The summed E-state index contributed by atoms with van der Waals surface area (Å²) in [6.45, 7) is 1.19. The van der Waals surface area contributed by atoms with Gasteiger partial charge in [-0.15, -0.1) is 5.10 Å². The smallest absolute Gasteiger partial charge is 0.352 e. The first-order chi connectivity index (χ1) is 10.5. The van der Waals surface area contributed by atoms with Crippen molar-refractivity contribution in [2.45, 2.75) is 13.5 Å². The fourth-order valence-corrected chi connectivity index (χ4v) is 2.18. The van der Waals surface area contributed by atoms with Crippen LogP contribution in [0.15, 0.2) is 35.1 Å². The highest BCUT2D eigenvalue weighted by Crippen LogP contribution is 2.18. The van der Waals surface area contributed by atoms with Crippen LogP contribution >= 0.6 is 0 Å². The molecule has 0 aliphatic heterocycles. The SMILES string of the molecule is Cc1cc2nn(CC(=O)O)c(=O)n2c(-c2ccc(F)cc2)n1. The zero-order valence-corrected chi connectivity index (χ0v) is 11.5. The van der Waals surface area contributed by atoms with E-state index in [0.29, 0.717) is 11.3 Å². The average molecular weight is 302 g/mol. The van der Waals surface area contributed by atoms with E-state index in [4.69, 9.17) is 5.11 Å². The fourth-order valence-electron chi connectivity index (χ4n) is 2.18. The lowest BCUT2D eigenvalue weighted by Gasteiger charge is -2.04. The Morgan fingerprint density at radius 1 is 1.32 bits per heavy atom. The van der Waals surface area contributed by atoms with Crippen LogP contribution in [-0.4, -0.2) is 30.2 Å². The summed E-state index contributed by atoms with van der Waals surface area (Å²) in [5.74, 6) is -1.28. The predicted molar refractivity (Wildman–Crippen MR) is 75.0 cm³/mol. The lowest BCUT2D eigenvalue weighted by atomic mass is 10.2. The van der Waals surface area contributed by atoms with Gasteiger partial charge in [-0.2, -0.15) is 0 Å². The molecule has 0 aliphatic carbocycles. The molecule has 0 fully saturated rings. The van der Waals surface area contributed by atoms with Crippen molar-refractivity contribution in [2.75, 3.05) is 0 Å². The van der Waals surface area contributed by atoms with Gasteiger partial charge in [0.2, 0.25) is 0 Å². The zero-order valence-electron chi connectivity index (χ0n) is 11.5. The van der Waals surface area contributed by atoms with Crippen LogP contribution < -0.4 is 5.69 Å². The quantitative estimate of drug-likeness (QED) is 0.782. The van der Waals surface area contributed by atoms with Gasteiger partial charge < -0.3 is 5.11 Å². The lowest BCUT2D eigenvalue weighted by Crippen LogP contribution is -2.25. The Morgan fingerprint density at radius 3 is 2.64 bits per heavy atom. The van der Waals surface area contributed by atoms with Crippen molar-refractivity contribution < 1.29 is 14.3 Å². The lowest BCUT2D eigenvalue weighted by molar-refractivity contribution is -0.137. The molecule has 0 aliphatic rings. The second-order valence-corrected chi connectivity index (χ2v) is 4.76. The number of benzene rings is 1. The van der Waals surface area contributed by atoms with Gasteiger partial charge in [-0.05, 0) is 31.2 Å². The molecule has 0 saturated carbocycles. The molecule has 112 valence electrons. The second-order valence-electron chi connectivity index (χ2n) is 4.76. The van der Waals surface area contributed by atoms with E-state index < -0.39 is 24.0 Å². The van der Waals surface area contributed by atoms with Crippen LogP contribution in [0.2, 0.25) is 0 Å². The largest absolute Gasteiger partial charge is 0.480 e. The summed E-state index contributed by atoms with van der Waals surface area (Å²) in [4.78, 5) is 27.4. The highest BCUT2D eigenvalue weighted by Gasteiger charge is 2.15. The van der Waals surface area contributed by atoms with E-state index in [0.717, 1.165) is 4.68 Å². The highest BCUT2D eigenvalue weighted by atomic mass is 19.1. The number of fused-ring (bicyclic) bond motifs is 1. The Hall–Kier alpha value is -3.03. The molecule has 0 bridgehead atoms. The van der Waals surface area contributed by atoms with Crippen molar-refractivity contribution in [2.24, 2.45) is 0 Å². The third-order valence-electron chi connectivity index (χ3n) is 3.08. The first kappa shape index (κ1) is 13.9. The maximum absolute atomic E-state index is 13.1. The van der Waals surface area contributed by atoms with Crippen molar-refractivity contribution in [3.05, 3.63) is 52.3 Å². The first-order valence-electron chi connectivity index (χ1n) is 6.40. The van der Waals surface area contributed by atoms with E-state index in [1.165, 1.54) is 28.7 Å². The molecule has 22 heavy (non-hydrogen) atoms. The van der Waals surface area contributed by atoms with Crippen molar-refractivity contribution in [3.63, 3.8) is 0 Å². The van der Waals surface area contributed by atoms with Gasteiger partial charge in [0.25, 0.3) is 0 Å². The average Bonchev–Trinajstić information content (AvgIpc) is 2.74. The summed E-state index contributed by atoms with van der Waals surface area (Å²) in [6, 6.07) is 7.09. The minimum absolute atomic E-state index is 0.289. The van der Waals surface area contributed by atoms with E-state index in [1.807, 2.05) is 0 Å².